The van der Waals surface area contributed by atoms with Crippen LogP contribution in [0.2, 0.25) is 0 Å². The van der Waals surface area contributed by atoms with Crippen LogP contribution < -0.4 is 16.6 Å². The van der Waals surface area contributed by atoms with Gasteiger partial charge in [-0.1, -0.05) is 0 Å². The first kappa shape index (κ1) is 24.8. The number of carboxylic acids is 2. The number of rotatable bonds is 9. The number of nitrogens with two attached hydrogens (primary N) is 1. The molecule has 35 heavy (non-hydrogen) atoms. The number of nitrogens with zero attached hydrogens (tertiary/aromatic N) is 4. The molecule has 0 aliphatic heterocycles. The van der Waals surface area contributed by atoms with Crippen LogP contribution in [-0.2, 0) is 20.9 Å². The summed E-state index contributed by atoms with van der Waals surface area (Å²) in [4.78, 5) is 74.3. The largest absolute Gasteiger partial charge is 0.481 e. The maximum atomic E-state index is 12.9. The van der Waals surface area contributed by atoms with Crippen molar-refractivity contribution < 1.29 is 29.4 Å². The number of aliphatic carboxylic acids is 2. The number of carbonyl (C=O) groups is 4. The zero-order valence-electron chi connectivity index (χ0n) is 18.4. The van der Waals surface area contributed by atoms with Crippen molar-refractivity contribution in [3.63, 3.8) is 0 Å². The Morgan fingerprint density at radius 1 is 1.14 bits per heavy atom. The third-order valence-electron chi connectivity index (χ3n) is 4.88. The lowest BCUT2D eigenvalue weighted by atomic mass is 10.1. The SMILES string of the molecule is CC(=O)N(C(=O)c1ccc(NCc2cnc3nc(N)[nH]c(=O)c3n2)cc1)[C@@H](CCC(=O)O)C(=O)O. The van der Waals surface area contributed by atoms with E-state index < -0.39 is 48.2 Å². The summed E-state index contributed by atoms with van der Waals surface area (Å²) in [6.45, 7) is 1.21. The number of hydrogen-bond donors (Lipinski definition) is 5. The van der Waals surface area contributed by atoms with Gasteiger partial charge in [-0.05, 0) is 30.7 Å². The molecule has 0 saturated carbocycles. The summed E-state index contributed by atoms with van der Waals surface area (Å²) in [6.07, 6.45) is 0.476. The molecule has 0 saturated heterocycles. The lowest BCUT2D eigenvalue weighted by molar-refractivity contribution is -0.148. The second-order valence-electron chi connectivity index (χ2n) is 7.40. The van der Waals surface area contributed by atoms with E-state index in [9.17, 15) is 29.1 Å². The number of amides is 2. The van der Waals surface area contributed by atoms with Crippen molar-refractivity contribution in [2.75, 3.05) is 11.1 Å². The van der Waals surface area contributed by atoms with Gasteiger partial charge < -0.3 is 21.3 Å². The number of imide groups is 1. The van der Waals surface area contributed by atoms with Crippen molar-refractivity contribution in [3.8, 4) is 0 Å². The number of fused-ring (bicyclic) bond motifs is 1. The summed E-state index contributed by atoms with van der Waals surface area (Å²) in [5, 5.41) is 21.3. The highest BCUT2D eigenvalue weighted by Gasteiger charge is 2.33. The Morgan fingerprint density at radius 3 is 2.43 bits per heavy atom. The van der Waals surface area contributed by atoms with Crippen LogP contribution >= 0.6 is 0 Å². The molecule has 14 nitrogen and oxygen atoms in total. The number of aromatic amines is 1. The standard InChI is InChI=1S/C21H21N7O7/c1-10(29)28(14(20(34)35)6-7-15(30)31)19(33)11-2-4-12(5-3-11)23-8-13-9-24-17-16(25-13)18(32)27-21(22)26-17/h2-5,9,14,23H,6-8H2,1H3,(H,30,31)(H,34,35)(H3,22,24,26,27,32)/t14-/m0/s1. The van der Waals surface area contributed by atoms with Crippen molar-refractivity contribution in [3.05, 3.63) is 52.1 Å². The third-order valence-corrected chi connectivity index (χ3v) is 4.88. The minimum atomic E-state index is -1.62. The van der Waals surface area contributed by atoms with Gasteiger partial charge in [-0.2, -0.15) is 4.98 Å². The molecule has 14 heteroatoms. The Balaban J connectivity index is 1.73. The molecule has 0 spiro atoms. The molecule has 3 rings (SSSR count). The molecule has 0 radical (unpaired) electrons. The molecule has 0 aliphatic rings. The molecule has 0 unspecified atom stereocenters. The van der Waals surface area contributed by atoms with E-state index in [1.54, 1.807) is 0 Å². The molecule has 3 aromatic rings. The van der Waals surface area contributed by atoms with Crippen LogP contribution in [0.25, 0.3) is 11.2 Å². The van der Waals surface area contributed by atoms with Gasteiger partial charge in [-0.15, -0.1) is 0 Å². The summed E-state index contributed by atoms with van der Waals surface area (Å²) in [5.74, 6) is -4.49. The van der Waals surface area contributed by atoms with Crippen LogP contribution in [0.1, 0.15) is 35.8 Å². The molecule has 0 bridgehead atoms. The van der Waals surface area contributed by atoms with Crippen LogP contribution in [0.4, 0.5) is 11.6 Å². The Labute approximate surface area is 196 Å². The highest BCUT2D eigenvalue weighted by Crippen LogP contribution is 2.17. The summed E-state index contributed by atoms with van der Waals surface area (Å²) >= 11 is 0. The monoisotopic (exact) mass is 483 g/mol. The van der Waals surface area contributed by atoms with E-state index >= 15 is 0 Å². The van der Waals surface area contributed by atoms with Crippen molar-refractivity contribution in [1.29, 1.82) is 0 Å². The number of H-pyrrole nitrogens is 1. The third kappa shape index (κ3) is 5.93. The van der Waals surface area contributed by atoms with Crippen LogP contribution in [0, 0.1) is 0 Å². The van der Waals surface area contributed by atoms with Crippen molar-refractivity contribution in [1.82, 2.24) is 24.8 Å². The Morgan fingerprint density at radius 2 is 1.83 bits per heavy atom. The van der Waals surface area contributed by atoms with E-state index in [4.69, 9.17) is 10.8 Å². The van der Waals surface area contributed by atoms with E-state index in [0.717, 1.165) is 6.92 Å². The van der Waals surface area contributed by atoms with E-state index in [2.05, 4.69) is 25.3 Å². The minimum absolute atomic E-state index is 0.0275. The van der Waals surface area contributed by atoms with Gasteiger partial charge in [0.2, 0.25) is 11.9 Å². The average Bonchev–Trinajstić information content (AvgIpc) is 2.79. The highest BCUT2D eigenvalue weighted by molar-refractivity contribution is 6.06. The average molecular weight is 483 g/mol. The predicted octanol–water partition coefficient (Wildman–Crippen LogP) is 0.214. The number of nitrogen functional groups attached to an aromatic ring is 1. The van der Waals surface area contributed by atoms with Gasteiger partial charge in [0, 0.05) is 24.6 Å². The maximum absolute atomic E-state index is 12.9. The molecular formula is C21H21N7O7. The minimum Gasteiger partial charge on any atom is -0.481 e. The first-order valence-electron chi connectivity index (χ1n) is 10.2. The van der Waals surface area contributed by atoms with Gasteiger partial charge in [0.15, 0.2) is 11.2 Å². The van der Waals surface area contributed by atoms with E-state index in [0.29, 0.717) is 16.3 Å². The summed E-state index contributed by atoms with van der Waals surface area (Å²) < 4.78 is 0. The molecule has 0 fully saturated rings. The van der Waals surface area contributed by atoms with Gasteiger partial charge in [-0.3, -0.25) is 29.1 Å². The van der Waals surface area contributed by atoms with Gasteiger partial charge in [0.1, 0.15) is 6.04 Å². The quantitative estimate of drug-likeness (QED) is 0.276. The zero-order chi connectivity index (χ0) is 25.7. The number of nitrogens with one attached hydrogen (secondary N) is 2. The van der Waals surface area contributed by atoms with Crippen LogP contribution in [0.5, 0.6) is 0 Å². The lowest BCUT2D eigenvalue weighted by Crippen LogP contribution is -2.48. The Hall–Kier alpha value is -4.88. The normalized spacial score (nSPS) is 11.6. The van der Waals surface area contributed by atoms with Crippen molar-refractivity contribution in [2.24, 2.45) is 0 Å². The van der Waals surface area contributed by atoms with Gasteiger partial charge in [-0.25, -0.2) is 14.8 Å². The topological polar surface area (TPSA) is 222 Å². The predicted molar refractivity (Wildman–Crippen MR) is 121 cm³/mol. The molecule has 0 aliphatic carbocycles. The second-order valence-corrected chi connectivity index (χ2v) is 7.40. The number of carboxylic acid groups (broad SMARTS) is 2. The maximum Gasteiger partial charge on any atom is 0.326 e. The molecule has 182 valence electrons. The lowest BCUT2D eigenvalue weighted by Gasteiger charge is -2.26. The van der Waals surface area contributed by atoms with E-state index in [1.807, 2.05) is 0 Å². The Kier molecular flexibility index (Phi) is 7.34. The zero-order valence-corrected chi connectivity index (χ0v) is 18.4. The molecule has 1 aromatic carbocycles. The fourth-order valence-corrected chi connectivity index (χ4v) is 3.25. The number of hydrogen-bond acceptors (Lipinski definition) is 10. The fraction of sp³-hybridized carbons (Fsp3) is 0.238. The number of carbonyl (C=O) groups excluding carboxylic acids is 2. The van der Waals surface area contributed by atoms with Crippen LogP contribution in [0.3, 0.4) is 0 Å². The van der Waals surface area contributed by atoms with Crippen molar-refractivity contribution >= 4 is 46.6 Å². The highest BCUT2D eigenvalue weighted by atomic mass is 16.4. The molecule has 2 amide bonds. The molecule has 2 heterocycles. The second kappa shape index (κ2) is 10.4. The summed E-state index contributed by atoms with van der Waals surface area (Å²) in [5.41, 5.74) is 6.11. The first-order chi connectivity index (χ1) is 16.6. The molecular weight excluding hydrogens is 462 g/mol. The number of anilines is 2. The summed E-state index contributed by atoms with van der Waals surface area (Å²) in [6, 6.07) is 4.22. The fourth-order valence-electron chi connectivity index (χ4n) is 3.25. The van der Waals surface area contributed by atoms with Gasteiger partial charge in [0.25, 0.3) is 11.5 Å². The van der Waals surface area contributed by atoms with Gasteiger partial charge >= 0.3 is 11.9 Å². The Bertz CT molecular complexity index is 1350. The smallest absolute Gasteiger partial charge is 0.326 e. The van der Waals surface area contributed by atoms with Gasteiger partial charge in [0.05, 0.1) is 18.4 Å². The van der Waals surface area contributed by atoms with E-state index in [1.165, 1.54) is 30.5 Å². The first-order valence-corrected chi connectivity index (χ1v) is 10.2. The van der Waals surface area contributed by atoms with Crippen LogP contribution in [-0.4, -0.2) is 64.8 Å². The molecule has 6 N–H and O–H groups in total. The molecule has 1 atom stereocenters. The van der Waals surface area contributed by atoms with E-state index in [-0.39, 0.29) is 29.2 Å². The number of benzene rings is 1. The molecule has 2 aromatic heterocycles. The summed E-state index contributed by atoms with van der Waals surface area (Å²) in [7, 11) is 0. The number of aromatic nitrogens is 4. The van der Waals surface area contributed by atoms with Crippen LogP contribution in [0.15, 0.2) is 35.3 Å². The van der Waals surface area contributed by atoms with Crippen molar-refractivity contribution in [2.45, 2.75) is 32.4 Å².